The lowest BCUT2D eigenvalue weighted by Crippen LogP contribution is -2.46. The quantitative estimate of drug-likeness (QED) is 0.873. The van der Waals surface area contributed by atoms with Crippen LogP contribution in [0.4, 0.5) is 4.39 Å². The van der Waals surface area contributed by atoms with Gasteiger partial charge in [0.1, 0.15) is 5.82 Å². The van der Waals surface area contributed by atoms with Crippen LogP contribution in [0, 0.1) is 5.82 Å². The molecule has 1 aromatic carbocycles. The summed E-state index contributed by atoms with van der Waals surface area (Å²) < 4.78 is 13.7. The number of nitrogens with one attached hydrogen (secondary N) is 2. The van der Waals surface area contributed by atoms with E-state index in [4.69, 9.17) is 0 Å². The molecule has 0 atom stereocenters. The number of halogens is 2. The van der Waals surface area contributed by atoms with Crippen molar-refractivity contribution < 1.29 is 9.18 Å². The van der Waals surface area contributed by atoms with E-state index in [1.165, 1.54) is 6.07 Å². The number of piperazine rings is 1. The Morgan fingerprint density at radius 1 is 1.42 bits per heavy atom. The summed E-state index contributed by atoms with van der Waals surface area (Å²) in [6, 6.07) is 4.39. The van der Waals surface area contributed by atoms with Gasteiger partial charge in [0.15, 0.2) is 0 Å². The number of carbonyl (C=O) groups excluding carboxylic acids is 1. The SMILES string of the molecule is O=C(NCCN1CCNCC1)c1ccc(Br)c(F)c1. The first-order valence-electron chi connectivity index (χ1n) is 6.33. The zero-order chi connectivity index (χ0) is 13.7. The van der Waals surface area contributed by atoms with Crippen LogP contribution < -0.4 is 10.6 Å². The van der Waals surface area contributed by atoms with Crippen molar-refractivity contribution in [3.8, 4) is 0 Å². The Hall–Kier alpha value is -0.980. The van der Waals surface area contributed by atoms with Gasteiger partial charge < -0.3 is 10.6 Å². The Balaban J connectivity index is 1.78. The Kier molecular flexibility index (Phi) is 5.30. The van der Waals surface area contributed by atoms with Crippen molar-refractivity contribution in [2.45, 2.75) is 0 Å². The molecule has 0 spiro atoms. The normalized spacial score (nSPS) is 16.3. The highest BCUT2D eigenvalue weighted by atomic mass is 79.9. The molecule has 19 heavy (non-hydrogen) atoms. The minimum absolute atomic E-state index is 0.235. The predicted molar refractivity (Wildman–Crippen MR) is 75.7 cm³/mol. The molecule has 0 aliphatic carbocycles. The maximum atomic E-state index is 13.3. The van der Waals surface area contributed by atoms with Crippen LogP contribution >= 0.6 is 15.9 Å². The minimum Gasteiger partial charge on any atom is -0.351 e. The second-order valence-corrected chi connectivity index (χ2v) is 5.33. The molecule has 104 valence electrons. The van der Waals surface area contributed by atoms with Gasteiger partial charge in [-0.15, -0.1) is 0 Å². The first kappa shape index (κ1) is 14.4. The van der Waals surface area contributed by atoms with E-state index in [-0.39, 0.29) is 5.91 Å². The number of benzene rings is 1. The van der Waals surface area contributed by atoms with Crippen molar-refractivity contribution in [1.29, 1.82) is 0 Å². The highest BCUT2D eigenvalue weighted by Crippen LogP contribution is 2.16. The van der Waals surface area contributed by atoms with E-state index in [0.717, 1.165) is 32.7 Å². The highest BCUT2D eigenvalue weighted by molar-refractivity contribution is 9.10. The Labute approximate surface area is 120 Å². The average Bonchev–Trinajstić information content (AvgIpc) is 2.43. The van der Waals surface area contributed by atoms with Crippen LogP contribution in [0.2, 0.25) is 0 Å². The molecular formula is C13H17BrFN3O. The van der Waals surface area contributed by atoms with Crippen LogP contribution in [0.25, 0.3) is 0 Å². The van der Waals surface area contributed by atoms with E-state index in [0.29, 0.717) is 16.6 Å². The third kappa shape index (κ3) is 4.26. The van der Waals surface area contributed by atoms with Gasteiger partial charge in [0.05, 0.1) is 4.47 Å². The maximum Gasteiger partial charge on any atom is 0.251 e. The van der Waals surface area contributed by atoms with E-state index in [9.17, 15) is 9.18 Å². The molecule has 1 heterocycles. The van der Waals surface area contributed by atoms with Crippen LogP contribution in [-0.2, 0) is 0 Å². The molecule has 1 aromatic rings. The number of amides is 1. The number of rotatable bonds is 4. The van der Waals surface area contributed by atoms with Gasteiger partial charge in [-0.2, -0.15) is 0 Å². The van der Waals surface area contributed by atoms with Crippen LogP contribution in [0.15, 0.2) is 22.7 Å². The molecular weight excluding hydrogens is 313 g/mol. The maximum absolute atomic E-state index is 13.3. The standard InChI is InChI=1S/C13H17BrFN3O/c14-11-2-1-10(9-12(11)15)13(19)17-5-8-18-6-3-16-4-7-18/h1-2,9,16H,3-8H2,(H,17,19). The number of hydrogen-bond donors (Lipinski definition) is 2. The molecule has 2 N–H and O–H groups in total. The van der Waals surface area contributed by atoms with E-state index >= 15 is 0 Å². The van der Waals surface area contributed by atoms with Crippen molar-refractivity contribution >= 4 is 21.8 Å². The summed E-state index contributed by atoms with van der Waals surface area (Å²) in [6.07, 6.45) is 0. The molecule has 1 saturated heterocycles. The molecule has 1 amide bonds. The van der Waals surface area contributed by atoms with E-state index < -0.39 is 5.82 Å². The Bertz CT molecular complexity index is 450. The number of carbonyl (C=O) groups is 1. The van der Waals surface area contributed by atoms with Crippen LogP contribution in [0.5, 0.6) is 0 Å². The molecule has 1 aliphatic heterocycles. The van der Waals surface area contributed by atoms with E-state index in [1.54, 1.807) is 12.1 Å². The minimum atomic E-state index is -0.422. The molecule has 1 fully saturated rings. The van der Waals surface area contributed by atoms with Crippen LogP contribution in [-0.4, -0.2) is 50.1 Å². The first-order chi connectivity index (χ1) is 9.16. The molecule has 0 saturated carbocycles. The summed E-state index contributed by atoms with van der Waals surface area (Å²) >= 11 is 3.06. The summed E-state index contributed by atoms with van der Waals surface area (Å²) in [5.41, 5.74) is 0.348. The topological polar surface area (TPSA) is 44.4 Å². The molecule has 0 radical (unpaired) electrons. The highest BCUT2D eigenvalue weighted by Gasteiger charge is 2.11. The molecule has 4 nitrogen and oxygen atoms in total. The van der Waals surface area contributed by atoms with Crippen LogP contribution in [0.3, 0.4) is 0 Å². The number of hydrogen-bond acceptors (Lipinski definition) is 3. The van der Waals surface area contributed by atoms with Gasteiger partial charge in [-0.25, -0.2) is 4.39 Å². The molecule has 2 rings (SSSR count). The predicted octanol–water partition coefficient (Wildman–Crippen LogP) is 1.22. The Morgan fingerprint density at radius 2 is 2.16 bits per heavy atom. The van der Waals surface area contributed by atoms with Gasteiger partial charge in [0.25, 0.3) is 5.91 Å². The largest absolute Gasteiger partial charge is 0.351 e. The summed E-state index contributed by atoms with van der Waals surface area (Å²) in [5.74, 6) is -0.656. The smallest absolute Gasteiger partial charge is 0.251 e. The molecule has 0 bridgehead atoms. The van der Waals surface area contributed by atoms with Gasteiger partial charge in [0.2, 0.25) is 0 Å². The lowest BCUT2D eigenvalue weighted by atomic mass is 10.2. The molecule has 0 aromatic heterocycles. The van der Waals surface area contributed by atoms with Crippen LogP contribution in [0.1, 0.15) is 10.4 Å². The average molecular weight is 330 g/mol. The van der Waals surface area contributed by atoms with Gasteiger partial charge in [-0.1, -0.05) is 0 Å². The lowest BCUT2D eigenvalue weighted by Gasteiger charge is -2.27. The third-order valence-electron chi connectivity index (χ3n) is 3.10. The van der Waals surface area contributed by atoms with Crippen molar-refractivity contribution in [1.82, 2.24) is 15.5 Å². The second kappa shape index (κ2) is 6.98. The van der Waals surface area contributed by atoms with E-state index in [2.05, 4.69) is 31.5 Å². The third-order valence-corrected chi connectivity index (χ3v) is 3.75. The zero-order valence-electron chi connectivity index (χ0n) is 10.6. The van der Waals surface area contributed by atoms with Crippen molar-refractivity contribution in [3.63, 3.8) is 0 Å². The molecule has 1 aliphatic rings. The fourth-order valence-corrected chi connectivity index (χ4v) is 2.25. The van der Waals surface area contributed by atoms with Gasteiger partial charge in [0, 0.05) is 44.8 Å². The fraction of sp³-hybridized carbons (Fsp3) is 0.462. The summed E-state index contributed by atoms with van der Waals surface area (Å²) in [6.45, 7) is 5.40. The zero-order valence-corrected chi connectivity index (χ0v) is 12.2. The first-order valence-corrected chi connectivity index (χ1v) is 7.12. The molecule has 6 heteroatoms. The van der Waals surface area contributed by atoms with Crippen molar-refractivity contribution in [2.75, 3.05) is 39.3 Å². The number of nitrogens with zero attached hydrogens (tertiary/aromatic N) is 1. The molecule has 0 unspecified atom stereocenters. The lowest BCUT2D eigenvalue weighted by molar-refractivity contribution is 0.0947. The van der Waals surface area contributed by atoms with Gasteiger partial charge in [-0.3, -0.25) is 9.69 Å². The summed E-state index contributed by atoms with van der Waals surface area (Å²) in [7, 11) is 0. The van der Waals surface area contributed by atoms with Crippen molar-refractivity contribution in [2.24, 2.45) is 0 Å². The monoisotopic (exact) mass is 329 g/mol. The summed E-state index contributed by atoms with van der Waals surface area (Å²) in [5, 5.41) is 6.09. The van der Waals surface area contributed by atoms with Crippen molar-refractivity contribution in [3.05, 3.63) is 34.1 Å². The second-order valence-electron chi connectivity index (χ2n) is 4.48. The fourth-order valence-electron chi connectivity index (χ4n) is 2.00. The van der Waals surface area contributed by atoms with Gasteiger partial charge >= 0.3 is 0 Å². The van der Waals surface area contributed by atoms with Gasteiger partial charge in [-0.05, 0) is 34.1 Å². The summed E-state index contributed by atoms with van der Waals surface area (Å²) in [4.78, 5) is 14.1. The van der Waals surface area contributed by atoms with E-state index in [1.807, 2.05) is 0 Å². The Morgan fingerprint density at radius 3 is 2.84 bits per heavy atom.